The lowest BCUT2D eigenvalue weighted by atomic mass is 9.85. The van der Waals surface area contributed by atoms with E-state index in [4.69, 9.17) is 4.74 Å². The number of ether oxygens (including phenoxy) is 1. The standard InChI is InChI=1S/C20H27NO2/c1-14(2)18(13-20(3,4)5)23-19(22)21-17-12-8-10-15-9-6-7-11-16(15)17/h6-12,14,18H,13H2,1-5H3,(H,21,22)/t18-/m1/s1. The van der Waals surface area contributed by atoms with Crippen molar-refractivity contribution in [2.45, 2.75) is 47.1 Å². The SMILES string of the molecule is CC(C)[C@@H](CC(C)(C)C)OC(=O)Nc1cccc2ccccc12. The van der Waals surface area contributed by atoms with Gasteiger partial charge in [-0.15, -0.1) is 0 Å². The Morgan fingerprint density at radius 3 is 2.39 bits per heavy atom. The first kappa shape index (κ1) is 17.3. The van der Waals surface area contributed by atoms with Gasteiger partial charge in [-0.05, 0) is 29.2 Å². The quantitative estimate of drug-likeness (QED) is 0.769. The minimum Gasteiger partial charge on any atom is -0.446 e. The summed E-state index contributed by atoms with van der Waals surface area (Å²) in [5.74, 6) is 0.285. The van der Waals surface area contributed by atoms with Crippen molar-refractivity contribution in [1.29, 1.82) is 0 Å². The predicted octanol–water partition coefficient (Wildman–Crippen LogP) is 5.85. The molecule has 1 atom stereocenters. The molecular formula is C20H27NO2. The Balaban J connectivity index is 2.11. The summed E-state index contributed by atoms with van der Waals surface area (Å²) in [5, 5.41) is 5.01. The van der Waals surface area contributed by atoms with Crippen molar-refractivity contribution >= 4 is 22.6 Å². The molecule has 2 aromatic carbocycles. The number of anilines is 1. The fourth-order valence-corrected chi connectivity index (χ4v) is 2.63. The van der Waals surface area contributed by atoms with Gasteiger partial charge in [-0.3, -0.25) is 5.32 Å². The minimum absolute atomic E-state index is 0.0926. The molecule has 23 heavy (non-hydrogen) atoms. The lowest BCUT2D eigenvalue weighted by Crippen LogP contribution is -2.30. The van der Waals surface area contributed by atoms with E-state index in [1.807, 2.05) is 42.5 Å². The van der Waals surface area contributed by atoms with Crippen LogP contribution in [0.25, 0.3) is 10.8 Å². The third kappa shape index (κ3) is 4.98. The number of carbonyl (C=O) groups excluding carboxylic acids is 1. The van der Waals surface area contributed by atoms with Crippen molar-refractivity contribution in [2.75, 3.05) is 5.32 Å². The first-order chi connectivity index (χ1) is 10.8. The van der Waals surface area contributed by atoms with Gasteiger partial charge in [0.1, 0.15) is 6.10 Å². The van der Waals surface area contributed by atoms with E-state index in [1.54, 1.807) is 0 Å². The largest absolute Gasteiger partial charge is 0.446 e. The molecule has 2 aromatic rings. The van der Waals surface area contributed by atoms with Gasteiger partial charge < -0.3 is 4.74 Å². The maximum Gasteiger partial charge on any atom is 0.411 e. The topological polar surface area (TPSA) is 38.3 Å². The van der Waals surface area contributed by atoms with E-state index in [1.165, 1.54) is 0 Å². The maximum atomic E-state index is 12.3. The molecular weight excluding hydrogens is 286 g/mol. The van der Waals surface area contributed by atoms with E-state index in [2.05, 4.69) is 39.9 Å². The van der Waals surface area contributed by atoms with Crippen LogP contribution in [0.15, 0.2) is 42.5 Å². The minimum atomic E-state index is -0.385. The molecule has 124 valence electrons. The number of hydrogen-bond acceptors (Lipinski definition) is 2. The highest BCUT2D eigenvalue weighted by molar-refractivity contribution is 6.00. The van der Waals surface area contributed by atoms with Gasteiger partial charge in [0.25, 0.3) is 0 Å². The summed E-state index contributed by atoms with van der Waals surface area (Å²) >= 11 is 0. The Morgan fingerprint density at radius 2 is 1.74 bits per heavy atom. The van der Waals surface area contributed by atoms with Gasteiger partial charge in [0.2, 0.25) is 0 Å². The van der Waals surface area contributed by atoms with Crippen LogP contribution < -0.4 is 5.32 Å². The Labute approximate surface area is 139 Å². The summed E-state index contributed by atoms with van der Waals surface area (Å²) in [6.07, 6.45) is 0.363. The van der Waals surface area contributed by atoms with Crippen LogP contribution in [0.1, 0.15) is 41.0 Å². The first-order valence-corrected chi connectivity index (χ1v) is 8.22. The number of benzene rings is 2. The van der Waals surface area contributed by atoms with E-state index in [0.717, 1.165) is 22.9 Å². The van der Waals surface area contributed by atoms with E-state index in [-0.39, 0.29) is 23.5 Å². The fourth-order valence-electron chi connectivity index (χ4n) is 2.63. The number of hydrogen-bond donors (Lipinski definition) is 1. The van der Waals surface area contributed by atoms with Crippen LogP contribution in [-0.2, 0) is 4.74 Å². The van der Waals surface area contributed by atoms with E-state index in [0.29, 0.717) is 0 Å². The summed E-state index contributed by atoms with van der Waals surface area (Å²) in [7, 11) is 0. The molecule has 0 bridgehead atoms. The number of carbonyl (C=O) groups is 1. The molecule has 0 radical (unpaired) electrons. The maximum absolute atomic E-state index is 12.3. The summed E-state index contributed by atoms with van der Waals surface area (Å²) in [6, 6.07) is 13.9. The van der Waals surface area contributed by atoms with Crippen molar-refractivity contribution in [3.05, 3.63) is 42.5 Å². The monoisotopic (exact) mass is 313 g/mol. The van der Waals surface area contributed by atoms with Crippen molar-refractivity contribution in [1.82, 2.24) is 0 Å². The van der Waals surface area contributed by atoms with E-state index in [9.17, 15) is 4.79 Å². The number of fused-ring (bicyclic) bond motifs is 1. The third-order valence-corrected chi connectivity index (χ3v) is 3.84. The van der Waals surface area contributed by atoms with Crippen molar-refractivity contribution in [2.24, 2.45) is 11.3 Å². The van der Waals surface area contributed by atoms with Crippen LogP contribution in [0, 0.1) is 11.3 Å². The van der Waals surface area contributed by atoms with Crippen LogP contribution in [0.3, 0.4) is 0 Å². The number of nitrogens with one attached hydrogen (secondary N) is 1. The van der Waals surface area contributed by atoms with Gasteiger partial charge in [-0.1, -0.05) is 71.0 Å². The molecule has 0 aliphatic heterocycles. The molecule has 0 unspecified atom stereocenters. The second-order valence-electron chi connectivity index (χ2n) is 7.60. The zero-order valence-corrected chi connectivity index (χ0v) is 14.7. The normalized spacial score (nSPS) is 13.1. The Hall–Kier alpha value is -2.03. The van der Waals surface area contributed by atoms with Gasteiger partial charge in [-0.2, -0.15) is 0 Å². The van der Waals surface area contributed by atoms with Crippen LogP contribution in [0.4, 0.5) is 10.5 Å². The Kier molecular flexibility index (Phi) is 5.30. The highest BCUT2D eigenvalue weighted by atomic mass is 16.6. The smallest absolute Gasteiger partial charge is 0.411 e. The highest BCUT2D eigenvalue weighted by Gasteiger charge is 2.25. The van der Waals surface area contributed by atoms with Crippen molar-refractivity contribution in [3.8, 4) is 0 Å². The summed E-state index contributed by atoms with van der Waals surface area (Å²) in [4.78, 5) is 12.3. The molecule has 0 saturated carbocycles. The molecule has 0 saturated heterocycles. The summed E-state index contributed by atoms with van der Waals surface area (Å²) in [5.41, 5.74) is 0.903. The van der Waals surface area contributed by atoms with E-state index >= 15 is 0 Å². The van der Waals surface area contributed by atoms with Gasteiger partial charge in [0.15, 0.2) is 0 Å². The van der Waals surface area contributed by atoms with Crippen LogP contribution >= 0.6 is 0 Å². The average molecular weight is 313 g/mol. The number of amides is 1. The summed E-state index contributed by atoms with van der Waals surface area (Å²) < 4.78 is 5.69. The van der Waals surface area contributed by atoms with Gasteiger partial charge in [0.05, 0.1) is 5.69 Å². The second-order valence-corrected chi connectivity index (χ2v) is 7.60. The van der Waals surface area contributed by atoms with Gasteiger partial charge in [-0.25, -0.2) is 4.79 Å². The molecule has 0 aliphatic rings. The zero-order chi connectivity index (χ0) is 17.0. The molecule has 0 fully saturated rings. The molecule has 0 spiro atoms. The lowest BCUT2D eigenvalue weighted by Gasteiger charge is -2.28. The molecule has 0 aliphatic carbocycles. The second kappa shape index (κ2) is 7.03. The average Bonchev–Trinajstić information content (AvgIpc) is 2.45. The van der Waals surface area contributed by atoms with Crippen LogP contribution in [0.5, 0.6) is 0 Å². The molecule has 3 nitrogen and oxygen atoms in total. The van der Waals surface area contributed by atoms with Crippen LogP contribution in [0.2, 0.25) is 0 Å². The molecule has 1 N–H and O–H groups in total. The van der Waals surface area contributed by atoms with Crippen molar-refractivity contribution < 1.29 is 9.53 Å². The molecule has 0 aromatic heterocycles. The first-order valence-electron chi connectivity index (χ1n) is 8.22. The van der Waals surface area contributed by atoms with Gasteiger partial charge >= 0.3 is 6.09 Å². The van der Waals surface area contributed by atoms with Crippen LogP contribution in [-0.4, -0.2) is 12.2 Å². The zero-order valence-electron chi connectivity index (χ0n) is 14.7. The van der Waals surface area contributed by atoms with Crippen molar-refractivity contribution in [3.63, 3.8) is 0 Å². The highest BCUT2D eigenvalue weighted by Crippen LogP contribution is 2.27. The fraction of sp³-hybridized carbons (Fsp3) is 0.450. The third-order valence-electron chi connectivity index (χ3n) is 3.84. The van der Waals surface area contributed by atoms with Gasteiger partial charge in [0, 0.05) is 5.39 Å². The molecule has 0 heterocycles. The lowest BCUT2D eigenvalue weighted by molar-refractivity contribution is 0.0537. The van der Waals surface area contributed by atoms with E-state index < -0.39 is 0 Å². The predicted molar refractivity (Wildman–Crippen MR) is 96.7 cm³/mol. The molecule has 3 heteroatoms. The Morgan fingerprint density at radius 1 is 1.09 bits per heavy atom. The Bertz CT molecular complexity index is 665. The molecule has 1 amide bonds. The number of rotatable bonds is 4. The summed E-state index contributed by atoms with van der Waals surface area (Å²) in [6.45, 7) is 10.7. The molecule has 2 rings (SSSR count).